The number of benzene rings is 1. The number of hydrogen-bond donors (Lipinski definition) is 1. The van der Waals surface area contributed by atoms with Gasteiger partial charge in [0.15, 0.2) is 0 Å². The molecule has 0 unspecified atom stereocenters. The summed E-state index contributed by atoms with van der Waals surface area (Å²) in [5.74, 6) is 1.69. The van der Waals surface area contributed by atoms with Gasteiger partial charge in [-0.25, -0.2) is 0 Å². The smallest absolute Gasteiger partial charge is 0.228 e. The molecule has 1 aromatic heterocycles. The van der Waals surface area contributed by atoms with Gasteiger partial charge in [-0.2, -0.15) is 0 Å². The third-order valence-corrected chi connectivity index (χ3v) is 9.83. The second kappa shape index (κ2) is 9.69. The average Bonchev–Trinajstić information content (AvgIpc) is 3.32. The fourth-order valence-corrected chi connectivity index (χ4v) is 8.05. The maximum Gasteiger partial charge on any atom is 0.228 e. The van der Waals surface area contributed by atoms with E-state index in [0.717, 1.165) is 57.4 Å². The van der Waals surface area contributed by atoms with Crippen LogP contribution in [0.5, 0.6) is 0 Å². The van der Waals surface area contributed by atoms with E-state index in [2.05, 4.69) is 59.6 Å². The minimum absolute atomic E-state index is 0.0328. The highest BCUT2D eigenvalue weighted by Crippen LogP contribution is 2.47. The first-order valence-electron chi connectivity index (χ1n) is 14.2. The summed E-state index contributed by atoms with van der Waals surface area (Å²) in [6.07, 6.45) is 12.1. The van der Waals surface area contributed by atoms with Crippen LogP contribution in [-0.2, 0) is 16.6 Å². The van der Waals surface area contributed by atoms with E-state index in [0.29, 0.717) is 23.8 Å². The Morgan fingerprint density at radius 3 is 2.69 bits per heavy atom. The summed E-state index contributed by atoms with van der Waals surface area (Å²) in [6, 6.07) is 15.9. The monoisotopic (exact) mass is 471 g/mol. The second-order valence-corrected chi connectivity index (χ2v) is 11.8. The number of likely N-dealkylation sites (tertiary alicyclic amines) is 1. The number of hydrogen-bond acceptors (Lipinski definition) is 3. The number of nitrogens with one attached hydrogen (secondary N) is 1. The minimum Gasteiger partial charge on any atom is -0.339 e. The Morgan fingerprint density at radius 1 is 1.03 bits per heavy atom. The van der Waals surface area contributed by atoms with E-state index in [9.17, 15) is 4.79 Å². The van der Waals surface area contributed by atoms with Crippen molar-refractivity contribution in [1.29, 1.82) is 0 Å². The highest BCUT2D eigenvalue weighted by Gasteiger charge is 2.52. The Morgan fingerprint density at radius 2 is 1.86 bits per heavy atom. The molecule has 4 heteroatoms. The lowest BCUT2D eigenvalue weighted by Crippen LogP contribution is -2.55. The minimum atomic E-state index is -0.0846. The molecule has 2 aliphatic carbocycles. The lowest BCUT2D eigenvalue weighted by atomic mass is 9.64. The molecule has 0 radical (unpaired) electrons. The van der Waals surface area contributed by atoms with Crippen molar-refractivity contribution in [2.24, 2.45) is 11.8 Å². The molecule has 35 heavy (non-hydrogen) atoms. The number of piperidine rings is 1. The van der Waals surface area contributed by atoms with E-state index in [1.54, 1.807) is 0 Å². The Hall–Kier alpha value is -2.20. The molecule has 4 nitrogen and oxygen atoms in total. The van der Waals surface area contributed by atoms with Gasteiger partial charge in [-0.1, -0.05) is 55.7 Å². The van der Waals surface area contributed by atoms with Gasteiger partial charge in [0.05, 0.1) is 5.92 Å². The number of carbonyl (C=O) groups excluding carboxylic acids is 1. The van der Waals surface area contributed by atoms with E-state index in [1.165, 1.54) is 48.9 Å². The lowest BCUT2D eigenvalue weighted by molar-refractivity contribution is -0.143. The number of amides is 1. The summed E-state index contributed by atoms with van der Waals surface area (Å²) in [4.78, 5) is 21.8. The van der Waals surface area contributed by atoms with Gasteiger partial charge in [0.2, 0.25) is 5.91 Å². The van der Waals surface area contributed by atoms with Crippen LogP contribution in [0.2, 0.25) is 0 Å². The molecule has 2 saturated heterocycles. The topological polar surface area (TPSA) is 45.2 Å². The third kappa shape index (κ3) is 4.22. The molecule has 1 spiro atoms. The second-order valence-electron chi connectivity index (χ2n) is 11.8. The van der Waals surface area contributed by atoms with Crippen molar-refractivity contribution in [2.75, 3.05) is 19.6 Å². The molecular formula is C31H41N3O. The maximum absolute atomic E-state index is 14.5. The van der Waals surface area contributed by atoms with Gasteiger partial charge >= 0.3 is 0 Å². The van der Waals surface area contributed by atoms with Crippen molar-refractivity contribution >= 4 is 5.91 Å². The molecule has 0 bridgehead atoms. The molecule has 4 aliphatic rings. The van der Waals surface area contributed by atoms with Crippen molar-refractivity contribution in [2.45, 2.75) is 88.5 Å². The van der Waals surface area contributed by atoms with E-state index in [4.69, 9.17) is 4.98 Å². The molecule has 3 heterocycles. The predicted molar refractivity (Wildman–Crippen MR) is 140 cm³/mol. The van der Waals surface area contributed by atoms with Gasteiger partial charge in [0.1, 0.15) is 0 Å². The van der Waals surface area contributed by atoms with E-state index < -0.39 is 0 Å². The van der Waals surface area contributed by atoms with Crippen molar-refractivity contribution in [3.63, 3.8) is 0 Å². The fourth-order valence-electron chi connectivity index (χ4n) is 8.05. The van der Waals surface area contributed by atoms with Crippen LogP contribution in [-0.4, -0.2) is 41.5 Å². The lowest BCUT2D eigenvalue weighted by Gasteiger charge is -2.48. The number of nitrogens with zero attached hydrogens (tertiary/aromatic N) is 2. The van der Waals surface area contributed by atoms with Gasteiger partial charge in [-0.05, 0) is 80.9 Å². The first-order valence-corrected chi connectivity index (χ1v) is 14.2. The van der Waals surface area contributed by atoms with Crippen LogP contribution in [0.4, 0.5) is 0 Å². The summed E-state index contributed by atoms with van der Waals surface area (Å²) in [5, 5.41) is 3.66. The number of fused-ring (bicyclic) bond motifs is 2. The van der Waals surface area contributed by atoms with Gasteiger partial charge < -0.3 is 10.2 Å². The number of aromatic nitrogens is 1. The SMILES string of the molecule is Cc1ccc2c(n1)CCC[C@]21CNC[C@H]1C(=O)N1CC[C@H](c2ccccc2)C[C@@H]1C1CCCCC1. The maximum atomic E-state index is 14.5. The van der Waals surface area contributed by atoms with Crippen LogP contribution in [0.3, 0.4) is 0 Å². The van der Waals surface area contributed by atoms with Crippen LogP contribution >= 0.6 is 0 Å². The van der Waals surface area contributed by atoms with E-state index in [-0.39, 0.29) is 11.3 Å². The van der Waals surface area contributed by atoms with Crippen LogP contribution < -0.4 is 5.32 Å². The standard InChI is InChI=1S/C31H41N3O/c1-22-14-15-26-28(33-22)13-8-17-31(26)21-32-20-27(31)30(35)34-18-16-25(23-9-4-2-5-10-23)19-29(34)24-11-6-3-7-12-24/h2,4-5,9-10,14-15,24-25,27,29,32H,3,6-8,11-13,16-21H2,1H3/t25-,27-,29+,31-/m0/s1. The van der Waals surface area contributed by atoms with Gasteiger partial charge in [0.25, 0.3) is 0 Å². The van der Waals surface area contributed by atoms with Crippen molar-refractivity contribution in [3.8, 4) is 0 Å². The van der Waals surface area contributed by atoms with Crippen LogP contribution in [0.25, 0.3) is 0 Å². The zero-order valence-corrected chi connectivity index (χ0v) is 21.3. The fraction of sp³-hybridized carbons (Fsp3) is 0.613. The van der Waals surface area contributed by atoms with E-state index in [1.807, 2.05) is 0 Å². The molecular weight excluding hydrogens is 430 g/mol. The average molecular weight is 472 g/mol. The largest absolute Gasteiger partial charge is 0.339 e. The predicted octanol–water partition coefficient (Wildman–Crippen LogP) is 5.54. The molecule has 1 amide bonds. The Balaban J connectivity index is 1.30. The molecule has 6 rings (SSSR count). The summed E-state index contributed by atoms with van der Waals surface area (Å²) in [6.45, 7) is 4.71. The number of rotatable bonds is 3. The number of carbonyl (C=O) groups is 1. The first kappa shape index (κ1) is 23.2. The Kier molecular flexibility index (Phi) is 6.43. The zero-order chi connectivity index (χ0) is 23.8. The molecule has 2 aliphatic heterocycles. The normalized spacial score (nSPS) is 31.5. The highest BCUT2D eigenvalue weighted by molar-refractivity contribution is 5.82. The summed E-state index contributed by atoms with van der Waals surface area (Å²) in [5.41, 5.74) is 5.06. The van der Waals surface area contributed by atoms with Crippen LogP contribution in [0, 0.1) is 18.8 Å². The molecule has 1 saturated carbocycles. The molecule has 2 aromatic rings. The summed E-state index contributed by atoms with van der Waals surface area (Å²) >= 11 is 0. The summed E-state index contributed by atoms with van der Waals surface area (Å²) < 4.78 is 0. The van der Waals surface area contributed by atoms with Gasteiger partial charge in [-0.3, -0.25) is 9.78 Å². The van der Waals surface area contributed by atoms with E-state index >= 15 is 0 Å². The van der Waals surface area contributed by atoms with Gasteiger partial charge in [-0.15, -0.1) is 0 Å². The molecule has 3 fully saturated rings. The van der Waals surface area contributed by atoms with Crippen molar-refractivity contribution < 1.29 is 4.79 Å². The Labute approximate surface area is 210 Å². The quantitative estimate of drug-likeness (QED) is 0.639. The number of aryl methyl sites for hydroxylation is 2. The van der Waals surface area contributed by atoms with Crippen molar-refractivity contribution in [3.05, 3.63) is 65.0 Å². The van der Waals surface area contributed by atoms with Crippen molar-refractivity contribution in [1.82, 2.24) is 15.2 Å². The Bertz CT molecular complexity index is 1050. The molecule has 186 valence electrons. The highest BCUT2D eigenvalue weighted by atomic mass is 16.2. The molecule has 1 aromatic carbocycles. The summed E-state index contributed by atoms with van der Waals surface area (Å²) in [7, 11) is 0. The molecule has 4 atom stereocenters. The van der Waals surface area contributed by atoms with Gasteiger partial charge in [0, 0.05) is 42.5 Å². The van der Waals surface area contributed by atoms with Crippen LogP contribution in [0.1, 0.15) is 86.2 Å². The number of pyridine rings is 1. The molecule has 1 N–H and O–H groups in total. The zero-order valence-electron chi connectivity index (χ0n) is 21.3. The van der Waals surface area contributed by atoms with Crippen LogP contribution in [0.15, 0.2) is 42.5 Å². The third-order valence-electron chi connectivity index (χ3n) is 9.83. The first-order chi connectivity index (χ1) is 17.2.